The molecule has 0 saturated carbocycles. The van der Waals surface area contributed by atoms with Crippen molar-refractivity contribution in [3.63, 3.8) is 0 Å². The maximum atomic E-state index is 12.6. The van der Waals surface area contributed by atoms with E-state index in [1.807, 2.05) is 18.2 Å². The second-order valence-corrected chi connectivity index (χ2v) is 7.72. The summed E-state index contributed by atoms with van der Waals surface area (Å²) >= 11 is 0. The highest BCUT2D eigenvalue weighted by atomic mass is 16.6. The van der Waals surface area contributed by atoms with Crippen LogP contribution in [0.15, 0.2) is 30.5 Å². The van der Waals surface area contributed by atoms with E-state index in [4.69, 9.17) is 10.5 Å². The van der Waals surface area contributed by atoms with Crippen LogP contribution in [0.4, 0.5) is 16.4 Å². The summed E-state index contributed by atoms with van der Waals surface area (Å²) in [6, 6.07) is 7.26. The summed E-state index contributed by atoms with van der Waals surface area (Å²) in [5.41, 5.74) is 6.96. The number of nitrogens with one attached hydrogen (secondary N) is 1. The highest BCUT2D eigenvalue weighted by molar-refractivity contribution is 6.08. The van der Waals surface area contributed by atoms with E-state index in [0.717, 1.165) is 25.6 Å². The number of imidazole rings is 1. The Bertz CT molecular complexity index is 827. The van der Waals surface area contributed by atoms with Crippen molar-refractivity contribution in [1.82, 2.24) is 9.55 Å². The van der Waals surface area contributed by atoms with Gasteiger partial charge in [0.15, 0.2) is 0 Å². The third-order valence-corrected chi connectivity index (χ3v) is 4.10. The van der Waals surface area contributed by atoms with Crippen LogP contribution in [-0.4, -0.2) is 35.0 Å². The van der Waals surface area contributed by atoms with E-state index in [1.54, 1.807) is 26.8 Å². The number of hydrogen-bond acceptors (Lipinski definition) is 5. The Morgan fingerprint density at radius 2 is 1.93 bits per heavy atom. The van der Waals surface area contributed by atoms with E-state index in [9.17, 15) is 9.59 Å². The molecule has 0 aliphatic carbocycles. The Hall–Kier alpha value is -2.77. The smallest absolute Gasteiger partial charge is 0.421 e. The second kappa shape index (κ2) is 9.44. The van der Waals surface area contributed by atoms with Crippen molar-refractivity contribution in [2.45, 2.75) is 58.4 Å². The molecular formula is C20H29BN4O3. The normalized spacial score (nSPS) is 11.2. The van der Waals surface area contributed by atoms with Crippen LogP contribution >= 0.6 is 0 Å². The van der Waals surface area contributed by atoms with Crippen LogP contribution in [0.25, 0.3) is 11.3 Å². The second-order valence-electron chi connectivity index (χ2n) is 7.72. The molecule has 0 unspecified atom stereocenters. The number of hydrogen-bond donors (Lipinski definition) is 2. The third kappa shape index (κ3) is 5.87. The molecule has 7 nitrogen and oxygen atoms in total. The number of carbonyl (C=O) groups is 2. The van der Waals surface area contributed by atoms with Gasteiger partial charge in [-0.2, -0.15) is 0 Å². The van der Waals surface area contributed by atoms with Gasteiger partial charge in [0.25, 0.3) is 0 Å². The molecule has 150 valence electrons. The Balaban J connectivity index is 2.25. The molecule has 0 radical (unpaired) electrons. The molecule has 1 aromatic heterocycles. The summed E-state index contributed by atoms with van der Waals surface area (Å²) < 4.78 is 6.66. The number of para-hydroxylation sites is 1. The van der Waals surface area contributed by atoms with Crippen LogP contribution in [0.1, 0.15) is 46.5 Å². The number of anilines is 2. The number of unbranched alkanes of at least 4 members (excludes halogenated alkanes) is 2. The van der Waals surface area contributed by atoms with Crippen molar-refractivity contribution in [2.24, 2.45) is 0 Å². The molecule has 0 atom stereocenters. The minimum atomic E-state index is -0.669. The fourth-order valence-electron chi connectivity index (χ4n) is 2.80. The van der Waals surface area contributed by atoms with Gasteiger partial charge in [0.2, 0.25) is 11.9 Å². The number of carbonyl (C=O) groups excluding carboxylic acids is 2. The first kappa shape index (κ1) is 21.5. The predicted molar refractivity (Wildman–Crippen MR) is 114 cm³/mol. The molecule has 2 aromatic rings. The van der Waals surface area contributed by atoms with Crippen molar-refractivity contribution >= 4 is 31.5 Å². The van der Waals surface area contributed by atoms with Gasteiger partial charge < -0.3 is 15.8 Å². The van der Waals surface area contributed by atoms with Crippen LogP contribution in [-0.2, 0) is 9.53 Å². The maximum absolute atomic E-state index is 12.6. The summed E-state index contributed by atoms with van der Waals surface area (Å²) in [7, 11) is 2.13. The summed E-state index contributed by atoms with van der Waals surface area (Å²) in [6.45, 7) is 5.35. The zero-order valence-electron chi connectivity index (χ0n) is 17.1. The summed E-state index contributed by atoms with van der Waals surface area (Å²) in [5.74, 6) is -0.0233. The summed E-state index contributed by atoms with van der Waals surface area (Å²) in [5, 5.41) is 2.94. The third-order valence-electron chi connectivity index (χ3n) is 4.10. The van der Waals surface area contributed by atoms with E-state index in [-0.39, 0.29) is 11.9 Å². The van der Waals surface area contributed by atoms with Crippen LogP contribution < -0.4 is 11.1 Å². The van der Waals surface area contributed by atoms with E-state index in [1.165, 1.54) is 10.8 Å². The van der Waals surface area contributed by atoms with Crippen LogP contribution in [0, 0.1) is 0 Å². The van der Waals surface area contributed by atoms with Crippen molar-refractivity contribution < 1.29 is 14.3 Å². The van der Waals surface area contributed by atoms with Gasteiger partial charge in [-0.05, 0) is 33.3 Å². The lowest BCUT2D eigenvalue weighted by Crippen LogP contribution is -2.28. The first-order chi connectivity index (χ1) is 13.2. The largest absolute Gasteiger partial charge is 0.443 e. The highest BCUT2D eigenvalue weighted by Gasteiger charge is 2.24. The van der Waals surface area contributed by atoms with Gasteiger partial charge in [-0.15, -0.1) is 0 Å². The standard InChI is InChI=1S/C20H29BN4O3/c1-20(2,3)28-19(27)25-16(13-23-18(25)22)14-9-6-7-10-15(14)24-17(26)11-5-4-8-12-21/h6-7,9-10,13H,4-5,8,11-12,21H2,1-3H3,(H2,22,23)(H,24,26). The fraction of sp³-hybridized carbons (Fsp3) is 0.450. The number of nitrogens with two attached hydrogens (primary N) is 1. The Labute approximate surface area is 167 Å². The van der Waals surface area contributed by atoms with Gasteiger partial charge in [-0.25, -0.2) is 14.3 Å². The molecule has 3 N–H and O–H groups in total. The van der Waals surface area contributed by atoms with E-state index in [0.29, 0.717) is 23.4 Å². The van der Waals surface area contributed by atoms with E-state index < -0.39 is 11.7 Å². The number of nitrogen functional groups attached to an aromatic ring is 1. The van der Waals surface area contributed by atoms with Crippen LogP contribution in [0.3, 0.4) is 0 Å². The van der Waals surface area contributed by atoms with Gasteiger partial charge in [0.05, 0.1) is 17.6 Å². The lowest BCUT2D eigenvalue weighted by atomic mass is 9.99. The molecular weight excluding hydrogens is 355 g/mol. The Kier molecular flexibility index (Phi) is 7.26. The molecule has 8 heteroatoms. The minimum absolute atomic E-state index is 0.0324. The average molecular weight is 384 g/mol. The zero-order chi connectivity index (χ0) is 20.7. The van der Waals surface area contributed by atoms with Crippen molar-refractivity contribution in [2.75, 3.05) is 11.1 Å². The zero-order valence-corrected chi connectivity index (χ0v) is 17.1. The van der Waals surface area contributed by atoms with Crippen molar-refractivity contribution in [3.05, 3.63) is 30.5 Å². The number of nitrogens with zero attached hydrogens (tertiary/aromatic N) is 2. The molecule has 0 bridgehead atoms. The molecule has 1 aromatic carbocycles. The van der Waals surface area contributed by atoms with Gasteiger partial charge in [0.1, 0.15) is 13.4 Å². The quantitative estimate of drug-likeness (QED) is 0.563. The first-order valence-corrected chi connectivity index (χ1v) is 9.68. The van der Waals surface area contributed by atoms with Gasteiger partial charge in [0, 0.05) is 12.0 Å². The summed E-state index contributed by atoms with van der Waals surface area (Å²) in [6.07, 6.45) is 5.49. The lowest BCUT2D eigenvalue weighted by Gasteiger charge is -2.21. The maximum Gasteiger partial charge on any atom is 0.421 e. The molecule has 0 aliphatic heterocycles. The number of amides is 1. The molecule has 1 amide bonds. The molecule has 28 heavy (non-hydrogen) atoms. The molecule has 0 aliphatic rings. The van der Waals surface area contributed by atoms with Gasteiger partial charge in [-0.3, -0.25) is 4.79 Å². The number of rotatable bonds is 7. The molecule has 0 saturated heterocycles. The predicted octanol–water partition coefficient (Wildman–Crippen LogP) is 3.47. The highest BCUT2D eigenvalue weighted by Crippen LogP contribution is 2.30. The first-order valence-electron chi connectivity index (χ1n) is 9.68. The van der Waals surface area contributed by atoms with Gasteiger partial charge >= 0.3 is 6.09 Å². The molecule has 0 spiro atoms. The average Bonchev–Trinajstić information content (AvgIpc) is 2.99. The van der Waals surface area contributed by atoms with Gasteiger partial charge in [-0.1, -0.05) is 37.4 Å². The minimum Gasteiger partial charge on any atom is -0.443 e. The summed E-state index contributed by atoms with van der Waals surface area (Å²) in [4.78, 5) is 29.0. The Morgan fingerprint density at radius 3 is 2.61 bits per heavy atom. The monoisotopic (exact) mass is 384 g/mol. The fourth-order valence-corrected chi connectivity index (χ4v) is 2.80. The van der Waals surface area contributed by atoms with E-state index in [2.05, 4.69) is 18.1 Å². The number of ether oxygens (including phenoxy) is 1. The molecule has 0 fully saturated rings. The number of benzene rings is 1. The number of aromatic nitrogens is 2. The van der Waals surface area contributed by atoms with Crippen molar-refractivity contribution in [1.29, 1.82) is 0 Å². The SMILES string of the molecule is BCCCCCC(=O)Nc1ccccc1-c1cnc(N)n1C(=O)OC(C)(C)C. The van der Waals surface area contributed by atoms with Crippen molar-refractivity contribution in [3.8, 4) is 11.3 Å². The topological polar surface area (TPSA) is 99.2 Å². The van der Waals surface area contributed by atoms with Crippen LogP contribution in [0.5, 0.6) is 0 Å². The lowest BCUT2D eigenvalue weighted by molar-refractivity contribution is -0.116. The van der Waals surface area contributed by atoms with E-state index >= 15 is 0 Å². The van der Waals surface area contributed by atoms with Crippen LogP contribution in [0.2, 0.25) is 6.32 Å². The molecule has 1 heterocycles. The molecule has 2 rings (SSSR count). The Morgan fingerprint density at radius 1 is 1.21 bits per heavy atom.